The fourth-order valence-electron chi connectivity index (χ4n) is 3.27. The van der Waals surface area contributed by atoms with Crippen LogP contribution in [0.1, 0.15) is 10.4 Å². The number of hydrogen-bond donors (Lipinski definition) is 1. The summed E-state index contributed by atoms with van der Waals surface area (Å²) in [7, 11) is 2.17. The van der Waals surface area contributed by atoms with E-state index in [-0.39, 0.29) is 48.7 Å². The molecule has 0 unspecified atom stereocenters. The molecule has 3 aromatic rings. The molecule has 0 saturated carbocycles. The van der Waals surface area contributed by atoms with Gasteiger partial charge in [-0.25, -0.2) is 8.42 Å². The second kappa shape index (κ2) is 12.4. The van der Waals surface area contributed by atoms with E-state index >= 15 is 0 Å². The Bertz CT molecular complexity index is 1230. The first-order valence-electron chi connectivity index (χ1n) is 10.8. The van der Waals surface area contributed by atoms with Crippen molar-refractivity contribution in [3.8, 4) is 23.0 Å². The summed E-state index contributed by atoms with van der Waals surface area (Å²) in [6, 6.07) is 10.5. The Hall–Kier alpha value is -3.52. The van der Waals surface area contributed by atoms with Crippen molar-refractivity contribution in [1.82, 2.24) is 14.5 Å². The first-order valence-corrected chi connectivity index (χ1v) is 12.2. The second-order valence-corrected chi connectivity index (χ2v) is 9.26. The Morgan fingerprint density at radius 2 is 1.50 bits per heavy atom. The van der Waals surface area contributed by atoms with Crippen LogP contribution >= 0.6 is 0 Å². The van der Waals surface area contributed by atoms with Crippen molar-refractivity contribution in [2.75, 3.05) is 60.1 Å². The smallest absolute Gasteiger partial charge is 0.322 e. The van der Waals surface area contributed by atoms with Crippen LogP contribution in [0, 0.1) is 0 Å². The zero-order valence-corrected chi connectivity index (χ0v) is 21.2. The van der Waals surface area contributed by atoms with E-state index in [2.05, 4.69) is 15.5 Å². The van der Waals surface area contributed by atoms with Crippen molar-refractivity contribution in [1.29, 1.82) is 0 Å². The number of rotatable bonds is 13. The van der Waals surface area contributed by atoms with Gasteiger partial charge in [-0.05, 0) is 36.4 Å². The highest BCUT2D eigenvalue weighted by molar-refractivity contribution is 7.89. The molecule has 0 fully saturated rings. The summed E-state index contributed by atoms with van der Waals surface area (Å²) in [4.78, 5) is 12.7. The van der Waals surface area contributed by atoms with Gasteiger partial charge in [-0.3, -0.25) is 10.1 Å². The maximum absolute atomic E-state index is 13.0. The molecule has 0 spiro atoms. The number of nitrogens with one attached hydrogen (secondary N) is 1. The fourth-order valence-corrected chi connectivity index (χ4v) is 4.68. The third-order valence-corrected chi connectivity index (χ3v) is 7.04. The number of ether oxygens (including phenoxy) is 4. The van der Waals surface area contributed by atoms with Crippen molar-refractivity contribution in [2.45, 2.75) is 4.90 Å². The van der Waals surface area contributed by atoms with Gasteiger partial charge in [0.1, 0.15) is 17.1 Å². The molecule has 0 bridgehead atoms. The Labute approximate surface area is 209 Å². The van der Waals surface area contributed by atoms with Crippen LogP contribution in [0.25, 0.3) is 11.5 Å². The van der Waals surface area contributed by atoms with Crippen LogP contribution < -0.4 is 14.8 Å². The molecule has 13 heteroatoms. The molecule has 1 aromatic heterocycles. The number of hydrogen-bond acceptors (Lipinski definition) is 10. The molecular formula is C23H28N4O8S. The molecule has 1 amide bonds. The predicted octanol–water partition coefficient (Wildman–Crippen LogP) is 2.29. The summed E-state index contributed by atoms with van der Waals surface area (Å²) in [6.07, 6.45) is 0. The van der Waals surface area contributed by atoms with Gasteiger partial charge in [0.25, 0.3) is 11.8 Å². The predicted molar refractivity (Wildman–Crippen MR) is 130 cm³/mol. The lowest BCUT2D eigenvalue weighted by molar-refractivity contribution is 0.102. The van der Waals surface area contributed by atoms with Gasteiger partial charge >= 0.3 is 6.01 Å². The van der Waals surface area contributed by atoms with E-state index < -0.39 is 15.9 Å². The Morgan fingerprint density at radius 3 is 2.03 bits per heavy atom. The van der Waals surface area contributed by atoms with Crippen LogP contribution in [0.3, 0.4) is 0 Å². The molecule has 2 aromatic carbocycles. The van der Waals surface area contributed by atoms with E-state index in [1.807, 2.05) is 0 Å². The van der Waals surface area contributed by atoms with Gasteiger partial charge in [0.05, 0.1) is 32.3 Å². The first-order chi connectivity index (χ1) is 17.3. The van der Waals surface area contributed by atoms with E-state index in [1.54, 1.807) is 18.2 Å². The standard InChI is InChI=1S/C23H28N4O8S/c1-31-14-12-27(13-15-32-2)36(29,30)17-10-8-16(9-11-17)21(28)24-23-26-25-22(35-23)20-18(33-3)6-5-7-19(20)34-4/h5-11H,12-15H2,1-4H3,(H,24,26,28). The zero-order chi connectivity index (χ0) is 26.1. The summed E-state index contributed by atoms with van der Waals surface area (Å²) in [6.45, 7) is 0.800. The third-order valence-electron chi connectivity index (χ3n) is 5.13. The Morgan fingerprint density at radius 1 is 0.917 bits per heavy atom. The molecule has 1 N–H and O–H groups in total. The molecule has 0 atom stereocenters. The highest BCUT2D eigenvalue weighted by Gasteiger charge is 2.25. The number of carbonyl (C=O) groups excluding carboxylic acids is 1. The average Bonchev–Trinajstić information content (AvgIpc) is 3.35. The van der Waals surface area contributed by atoms with Gasteiger partial charge in [-0.1, -0.05) is 11.2 Å². The number of anilines is 1. The highest BCUT2D eigenvalue weighted by Crippen LogP contribution is 2.37. The van der Waals surface area contributed by atoms with E-state index in [1.165, 1.54) is 57.0 Å². The molecule has 0 radical (unpaired) electrons. The number of nitrogens with zero attached hydrogens (tertiary/aromatic N) is 3. The summed E-state index contributed by atoms with van der Waals surface area (Å²) in [5, 5.41) is 10.3. The van der Waals surface area contributed by atoms with Crippen LogP contribution in [-0.2, 0) is 19.5 Å². The van der Waals surface area contributed by atoms with Crippen molar-refractivity contribution < 1.29 is 36.6 Å². The van der Waals surface area contributed by atoms with Gasteiger partial charge in [0.2, 0.25) is 10.0 Å². The third kappa shape index (κ3) is 6.18. The maximum atomic E-state index is 13.0. The lowest BCUT2D eigenvalue weighted by atomic mass is 10.2. The van der Waals surface area contributed by atoms with E-state index in [9.17, 15) is 13.2 Å². The van der Waals surface area contributed by atoms with Gasteiger partial charge in [0, 0.05) is 32.9 Å². The van der Waals surface area contributed by atoms with Crippen molar-refractivity contribution in [2.24, 2.45) is 0 Å². The minimum Gasteiger partial charge on any atom is -0.496 e. The lowest BCUT2D eigenvalue weighted by Crippen LogP contribution is -2.36. The van der Waals surface area contributed by atoms with E-state index in [0.717, 1.165) is 0 Å². The van der Waals surface area contributed by atoms with Gasteiger partial charge in [0.15, 0.2) is 0 Å². The molecular weight excluding hydrogens is 492 g/mol. The van der Waals surface area contributed by atoms with Crippen molar-refractivity contribution in [3.05, 3.63) is 48.0 Å². The molecule has 0 aliphatic heterocycles. The topological polar surface area (TPSA) is 142 Å². The normalized spacial score (nSPS) is 11.5. The molecule has 12 nitrogen and oxygen atoms in total. The monoisotopic (exact) mass is 520 g/mol. The first kappa shape index (κ1) is 27.1. The zero-order valence-electron chi connectivity index (χ0n) is 20.4. The van der Waals surface area contributed by atoms with Gasteiger partial charge in [-0.15, -0.1) is 5.10 Å². The van der Waals surface area contributed by atoms with Gasteiger partial charge < -0.3 is 23.4 Å². The molecule has 0 saturated heterocycles. The number of sulfonamides is 1. The van der Waals surface area contributed by atoms with Crippen molar-refractivity contribution in [3.63, 3.8) is 0 Å². The number of benzene rings is 2. The molecule has 0 aliphatic carbocycles. The quantitative estimate of drug-likeness (QED) is 0.357. The summed E-state index contributed by atoms with van der Waals surface area (Å²) in [5.41, 5.74) is 0.639. The second-order valence-electron chi connectivity index (χ2n) is 7.32. The largest absolute Gasteiger partial charge is 0.496 e. The highest BCUT2D eigenvalue weighted by atomic mass is 32.2. The summed E-state index contributed by atoms with van der Waals surface area (Å²) in [5.74, 6) is 0.445. The van der Waals surface area contributed by atoms with E-state index in [4.69, 9.17) is 23.4 Å². The van der Waals surface area contributed by atoms with Crippen LogP contribution in [0.5, 0.6) is 11.5 Å². The molecule has 3 rings (SSSR count). The van der Waals surface area contributed by atoms with Crippen LogP contribution in [-0.4, -0.2) is 83.6 Å². The number of carbonyl (C=O) groups is 1. The molecule has 36 heavy (non-hydrogen) atoms. The molecule has 194 valence electrons. The summed E-state index contributed by atoms with van der Waals surface area (Å²) < 4.78 is 53.6. The minimum absolute atomic E-state index is 0.0367. The summed E-state index contributed by atoms with van der Waals surface area (Å²) >= 11 is 0. The van der Waals surface area contributed by atoms with E-state index in [0.29, 0.717) is 17.1 Å². The lowest BCUT2D eigenvalue weighted by Gasteiger charge is -2.21. The Kier molecular flexibility index (Phi) is 9.36. The van der Waals surface area contributed by atoms with Gasteiger partial charge in [-0.2, -0.15) is 4.31 Å². The van der Waals surface area contributed by atoms with Crippen LogP contribution in [0.4, 0.5) is 6.01 Å². The molecule has 1 heterocycles. The maximum Gasteiger partial charge on any atom is 0.322 e. The Balaban J connectivity index is 1.76. The number of aromatic nitrogens is 2. The number of methoxy groups -OCH3 is 4. The fraction of sp³-hybridized carbons (Fsp3) is 0.348. The average molecular weight is 521 g/mol. The van der Waals surface area contributed by atoms with Crippen LogP contribution in [0.2, 0.25) is 0 Å². The van der Waals surface area contributed by atoms with Crippen LogP contribution in [0.15, 0.2) is 51.8 Å². The van der Waals surface area contributed by atoms with Crippen molar-refractivity contribution >= 4 is 21.9 Å². The molecule has 0 aliphatic rings. The number of amides is 1. The SMILES string of the molecule is COCCN(CCOC)S(=O)(=O)c1ccc(C(=O)Nc2nnc(-c3c(OC)cccc3OC)o2)cc1. The minimum atomic E-state index is -3.81.